The van der Waals surface area contributed by atoms with Crippen molar-refractivity contribution >= 4 is 11.5 Å². The van der Waals surface area contributed by atoms with Gasteiger partial charge in [0.05, 0.1) is 11.4 Å². The van der Waals surface area contributed by atoms with E-state index in [2.05, 4.69) is 15.6 Å². The molecule has 0 bridgehead atoms. The standard InChI is InChI=1S/C20H21N5/c1-2-8-16(9-3-1)23-19-13-18(17-10-4-5-12-22-17)24-20(25-19)15-7-6-11-21-14-15/h1-5,8-10,12-13,15,21H,6-7,11,14H2,(H,23,24,25). The number of pyridine rings is 1. The molecule has 2 N–H and O–H groups in total. The van der Waals surface area contributed by atoms with Crippen molar-refractivity contribution in [1.29, 1.82) is 0 Å². The Kier molecular flexibility index (Phi) is 4.65. The highest BCUT2D eigenvalue weighted by atomic mass is 15.0. The van der Waals surface area contributed by atoms with Gasteiger partial charge in [0.25, 0.3) is 0 Å². The van der Waals surface area contributed by atoms with Crippen molar-refractivity contribution in [2.75, 3.05) is 18.4 Å². The minimum Gasteiger partial charge on any atom is -0.340 e. The number of nitrogens with one attached hydrogen (secondary N) is 2. The van der Waals surface area contributed by atoms with E-state index < -0.39 is 0 Å². The summed E-state index contributed by atoms with van der Waals surface area (Å²) in [4.78, 5) is 14.1. The van der Waals surface area contributed by atoms with Crippen LogP contribution in [0.5, 0.6) is 0 Å². The number of nitrogens with zero attached hydrogens (tertiary/aromatic N) is 3. The predicted molar refractivity (Wildman–Crippen MR) is 99.8 cm³/mol. The molecular weight excluding hydrogens is 310 g/mol. The molecule has 1 aliphatic heterocycles. The Morgan fingerprint density at radius 1 is 0.960 bits per heavy atom. The van der Waals surface area contributed by atoms with Crippen molar-refractivity contribution in [2.24, 2.45) is 0 Å². The monoisotopic (exact) mass is 331 g/mol. The maximum absolute atomic E-state index is 4.82. The molecule has 0 spiro atoms. The number of aromatic nitrogens is 3. The maximum Gasteiger partial charge on any atom is 0.135 e. The van der Waals surface area contributed by atoms with Gasteiger partial charge in [-0.05, 0) is 43.7 Å². The Hall–Kier alpha value is -2.79. The molecule has 1 aliphatic rings. The van der Waals surface area contributed by atoms with Gasteiger partial charge < -0.3 is 10.6 Å². The fourth-order valence-corrected chi connectivity index (χ4v) is 3.10. The van der Waals surface area contributed by atoms with Crippen LogP contribution in [-0.2, 0) is 0 Å². The SMILES string of the molecule is c1ccc(Nc2cc(-c3ccccn3)nc(C3CCCNC3)n2)cc1. The molecule has 2 aromatic heterocycles. The first-order valence-electron chi connectivity index (χ1n) is 8.72. The molecule has 5 heteroatoms. The topological polar surface area (TPSA) is 62.7 Å². The van der Waals surface area contributed by atoms with Gasteiger partial charge in [0.15, 0.2) is 0 Å². The largest absolute Gasteiger partial charge is 0.340 e. The quantitative estimate of drug-likeness (QED) is 0.762. The van der Waals surface area contributed by atoms with Crippen molar-refractivity contribution in [3.63, 3.8) is 0 Å². The van der Waals surface area contributed by atoms with Gasteiger partial charge in [-0.25, -0.2) is 9.97 Å². The van der Waals surface area contributed by atoms with Crippen molar-refractivity contribution in [2.45, 2.75) is 18.8 Å². The Balaban J connectivity index is 1.72. The van der Waals surface area contributed by atoms with E-state index in [0.717, 1.165) is 54.6 Å². The second-order valence-electron chi connectivity index (χ2n) is 6.25. The van der Waals surface area contributed by atoms with Gasteiger partial charge in [-0.15, -0.1) is 0 Å². The summed E-state index contributed by atoms with van der Waals surface area (Å²) in [5.41, 5.74) is 2.74. The van der Waals surface area contributed by atoms with E-state index in [1.54, 1.807) is 6.20 Å². The zero-order valence-electron chi connectivity index (χ0n) is 14.0. The lowest BCUT2D eigenvalue weighted by atomic mass is 9.98. The summed E-state index contributed by atoms with van der Waals surface area (Å²) in [5, 5.41) is 6.84. The third kappa shape index (κ3) is 3.83. The average Bonchev–Trinajstić information content (AvgIpc) is 2.70. The summed E-state index contributed by atoms with van der Waals surface area (Å²) >= 11 is 0. The fourth-order valence-electron chi connectivity index (χ4n) is 3.10. The Morgan fingerprint density at radius 2 is 1.84 bits per heavy atom. The first-order valence-corrected chi connectivity index (χ1v) is 8.72. The van der Waals surface area contributed by atoms with Crippen LogP contribution in [0.15, 0.2) is 60.8 Å². The van der Waals surface area contributed by atoms with Crippen LogP contribution >= 0.6 is 0 Å². The number of rotatable bonds is 4. The number of hydrogen-bond donors (Lipinski definition) is 2. The number of piperidine rings is 1. The molecule has 0 radical (unpaired) electrons. The van der Waals surface area contributed by atoms with E-state index in [9.17, 15) is 0 Å². The van der Waals surface area contributed by atoms with E-state index in [-0.39, 0.29) is 0 Å². The van der Waals surface area contributed by atoms with E-state index in [1.165, 1.54) is 0 Å². The van der Waals surface area contributed by atoms with E-state index in [4.69, 9.17) is 9.97 Å². The van der Waals surface area contributed by atoms with E-state index >= 15 is 0 Å². The van der Waals surface area contributed by atoms with Gasteiger partial charge in [0, 0.05) is 30.4 Å². The van der Waals surface area contributed by atoms with Crippen molar-refractivity contribution in [1.82, 2.24) is 20.3 Å². The first kappa shape index (κ1) is 15.7. The summed E-state index contributed by atoms with van der Waals surface area (Å²) in [7, 11) is 0. The van der Waals surface area contributed by atoms with E-state index in [1.807, 2.05) is 54.6 Å². The normalized spacial score (nSPS) is 17.2. The molecular formula is C20H21N5. The number of hydrogen-bond acceptors (Lipinski definition) is 5. The molecule has 1 unspecified atom stereocenters. The maximum atomic E-state index is 4.82. The molecule has 1 saturated heterocycles. The summed E-state index contributed by atoms with van der Waals surface area (Å²) in [6.07, 6.45) is 4.07. The molecule has 4 rings (SSSR count). The van der Waals surface area contributed by atoms with Gasteiger partial charge >= 0.3 is 0 Å². The molecule has 0 amide bonds. The summed E-state index contributed by atoms with van der Waals surface area (Å²) in [5.74, 6) is 2.03. The third-order valence-corrected chi connectivity index (χ3v) is 4.38. The van der Waals surface area contributed by atoms with Crippen molar-refractivity contribution in [3.05, 3.63) is 66.6 Å². The van der Waals surface area contributed by atoms with Crippen molar-refractivity contribution < 1.29 is 0 Å². The average molecular weight is 331 g/mol. The van der Waals surface area contributed by atoms with Crippen LogP contribution in [-0.4, -0.2) is 28.0 Å². The number of benzene rings is 1. The van der Waals surface area contributed by atoms with Crippen LogP contribution in [0.1, 0.15) is 24.6 Å². The smallest absolute Gasteiger partial charge is 0.135 e. The van der Waals surface area contributed by atoms with Crippen molar-refractivity contribution in [3.8, 4) is 11.4 Å². The van der Waals surface area contributed by atoms with Crippen LogP contribution < -0.4 is 10.6 Å². The number of anilines is 2. The van der Waals surface area contributed by atoms with Gasteiger partial charge in [0.1, 0.15) is 11.6 Å². The van der Waals surface area contributed by atoms with Gasteiger partial charge in [0.2, 0.25) is 0 Å². The highest BCUT2D eigenvalue weighted by molar-refractivity contribution is 5.63. The first-order chi connectivity index (χ1) is 12.4. The minimum absolute atomic E-state index is 0.341. The molecule has 126 valence electrons. The lowest BCUT2D eigenvalue weighted by Gasteiger charge is -2.22. The molecule has 0 saturated carbocycles. The molecule has 25 heavy (non-hydrogen) atoms. The number of para-hydroxylation sites is 1. The minimum atomic E-state index is 0.341. The second-order valence-corrected chi connectivity index (χ2v) is 6.25. The van der Waals surface area contributed by atoms with Crippen LogP contribution in [0.4, 0.5) is 11.5 Å². The predicted octanol–water partition coefficient (Wildman–Crippen LogP) is 3.75. The molecule has 1 aromatic carbocycles. The lowest BCUT2D eigenvalue weighted by molar-refractivity contribution is 0.447. The fraction of sp³-hybridized carbons (Fsp3) is 0.250. The Morgan fingerprint density at radius 3 is 2.60 bits per heavy atom. The zero-order valence-corrected chi connectivity index (χ0v) is 14.0. The highest BCUT2D eigenvalue weighted by Crippen LogP contribution is 2.26. The van der Waals surface area contributed by atoms with Crippen LogP contribution in [0.2, 0.25) is 0 Å². The molecule has 3 heterocycles. The molecule has 3 aromatic rings. The Bertz CT molecular complexity index is 814. The van der Waals surface area contributed by atoms with Gasteiger partial charge in [-0.3, -0.25) is 4.98 Å². The second kappa shape index (κ2) is 7.40. The van der Waals surface area contributed by atoms with Crippen LogP contribution in [0.3, 0.4) is 0 Å². The lowest BCUT2D eigenvalue weighted by Crippen LogP contribution is -2.29. The summed E-state index contributed by atoms with van der Waals surface area (Å²) < 4.78 is 0. The third-order valence-electron chi connectivity index (χ3n) is 4.38. The van der Waals surface area contributed by atoms with Gasteiger partial charge in [-0.1, -0.05) is 24.3 Å². The summed E-state index contributed by atoms with van der Waals surface area (Å²) in [6, 6.07) is 17.9. The molecule has 0 aliphatic carbocycles. The van der Waals surface area contributed by atoms with Gasteiger partial charge in [-0.2, -0.15) is 0 Å². The van der Waals surface area contributed by atoms with Crippen LogP contribution in [0, 0.1) is 0 Å². The molecule has 5 nitrogen and oxygen atoms in total. The highest BCUT2D eigenvalue weighted by Gasteiger charge is 2.20. The van der Waals surface area contributed by atoms with E-state index in [0.29, 0.717) is 5.92 Å². The Labute approximate surface area is 147 Å². The van der Waals surface area contributed by atoms with Crippen LogP contribution in [0.25, 0.3) is 11.4 Å². The molecule has 1 atom stereocenters. The molecule has 1 fully saturated rings. The zero-order chi connectivity index (χ0) is 16.9. The summed E-state index contributed by atoms with van der Waals surface area (Å²) in [6.45, 7) is 2.00.